The minimum absolute atomic E-state index is 0.0455. The van der Waals surface area contributed by atoms with Crippen molar-refractivity contribution in [3.8, 4) is 5.75 Å². The molecule has 1 heterocycles. The highest BCUT2D eigenvalue weighted by atomic mass is 16.3. The molecule has 0 saturated carbocycles. The number of likely N-dealkylation sites (N-methyl/N-ethyl adjacent to an activating group) is 1. The number of hydrogen-bond donors (Lipinski definition) is 11. The molecule has 13 N–H and O–H groups in total. The summed E-state index contributed by atoms with van der Waals surface area (Å²) in [5.41, 5.74) is 11.1. The third-order valence-corrected chi connectivity index (χ3v) is 10.4. The molecule has 65 heavy (non-hydrogen) atoms. The molecule has 0 unspecified atom stereocenters. The molecule has 23 heteroatoms. The monoisotopic (exact) mass is 915 g/mol. The van der Waals surface area contributed by atoms with E-state index in [-0.39, 0.29) is 24.5 Å². The lowest BCUT2D eigenvalue weighted by molar-refractivity contribution is -0.140. The van der Waals surface area contributed by atoms with Gasteiger partial charge in [-0.05, 0) is 48.3 Å². The fraction of sp³-hybridized carbons (Fsp3) is 0.595. The van der Waals surface area contributed by atoms with Crippen LogP contribution in [-0.2, 0) is 59.2 Å². The second-order valence-electron chi connectivity index (χ2n) is 16.8. The summed E-state index contributed by atoms with van der Waals surface area (Å²) in [5, 5.41) is 29.7. The van der Waals surface area contributed by atoms with Crippen molar-refractivity contribution in [3.63, 3.8) is 0 Å². The van der Waals surface area contributed by atoms with Crippen molar-refractivity contribution in [2.45, 2.75) is 116 Å². The molecule has 0 bridgehead atoms. The van der Waals surface area contributed by atoms with Gasteiger partial charge in [-0.1, -0.05) is 60.1 Å². The zero-order valence-corrected chi connectivity index (χ0v) is 37.9. The number of rotatable bonds is 16. The Balaban J connectivity index is 2.55. The Labute approximate surface area is 377 Å². The second-order valence-corrected chi connectivity index (χ2v) is 16.8. The summed E-state index contributed by atoms with van der Waals surface area (Å²) in [6.45, 7) is 8.42. The van der Waals surface area contributed by atoms with Gasteiger partial charge in [0.25, 0.3) is 0 Å². The van der Waals surface area contributed by atoms with Gasteiger partial charge in [0.15, 0.2) is 0 Å². The molecule has 0 aromatic heterocycles. The number of amides is 11. The van der Waals surface area contributed by atoms with Crippen molar-refractivity contribution in [2.24, 2.45) is 29.2 Å². The number of carbonyl (C=O) groups excluding carboxylic acids is 11. The Morgan fingerprint density at radius 1 is 0.785 bits per heavy atom. The van der Waals surface area contributed by atoms with Crippen molar-refractivity contribution < 1.29 is 57.8 Å². The maximum atomic E-state index is 14.0. The predicted molar refractivity (Wildman–Crippen MR) is 233 cm³/mol. The van der Waals surface area contributed by atoms with Crippen LogP contribution in [0.2, 0.25) is 0 Å². The van der Waals surface area contributed by atoms with Crippen LogP contribution in [0.4, 0.5) is 0 Å². The first kappa shape index (κ1) is 54.3. The molecule has 1 aromatic carbocycles. The van der Waals surface area contributed by atoms with E-state index in [4.69, 9.17) is 11.5 Å². The Hall–Kier alpha value is -6.81. The standard InChI is InChI=1S/C42H65N11O12/c1-8-23(6)36-41(64)51-35(22(4)5)40(63)50-29(17-30(43)55)38(61)49-26(42(65)53(7)20-34(59)48-27(15-21(2)3)37(60)46-18-31(44)56)13-14-32(57)45-19-33(58)47-28(39(62)52-36)16-24-9-11-25(54)12-10-24/h9-12,21-23,26-29,35-36,54H,8,13-20H2,1-7H3,(H2,43,55)(H2,44,56)(H,45,57)(H,46,60)(H,47,58)(H,48,59)(H,49,61)(H,50,63)(H,51,64)(H,52,62)/t23-,26-,27-,28-,29-,35-,36-/m0/s1. The molecule has 0 spiro atoms. The molecule has 1 aliphatic heterocycles. The summed E-state index contributed by atoms with van der Waals surface area (Å²) < 4.78 is 0. The molecular weight excluding hydrogens is 851 g/mol. The highest BCUT2D eigenvalue weighted by Gasteiger charge is 2.36. The second kappa shape index (κ2) is 26.1. The normalized spacial score (nSPS) is 21.5. The van der Waals surface area contributed by atoms with Crippen LogP contribution in [0, 0.1) is 17.8 Å². The molecule has 23 nitrogen and oxygen atoms in total. The Bertz CT molecular complexity index is 1910. The van der Waals surface area contributed by atoms with Crippen LogP contribution >= 0.6 is 0 Å². The van der Waals surface area contributed by atoms with Crippen LogP contribution in [-0.4, -0.2) is 138 Å². The SMILES string of the molecule is CC[C@H](C)[C@@H]1NC(=O)[C@H](Cc2ccc(O)cc2)NC(=O)CNC(=O)CC[C@@H](C(=O)N(C)CC(=O)N[C@@H](CC(C)C)C(=O)NCC(N)=O)NC(=O)[C@H](CC(N)=O)NC(=O)[C@H](C(C)C)NC1=O. The topological polar surface area (TPSA) is 360 Å². The van der Waals surface area contributed by atoms with Crippen LogP contribution in [0.1, 0.15) is 79.2 Å². The van der Waals surface area contributed by atoms with E-state index in [2.05, 4.69) is 42.5 Å². The first-order valence-corrected chi connectivity index (χ1v) is 21.4. The first-order chi connectivity index (χ1) is 30.4. The minimum atomic E-state index is -1.72. The molecule has 0 aliphatic carbocycles. The molecule has 7 atom stereocenters. The van der Waals surface area contributed by atoms with Crippen LogP contribution in [0.15, 0.2) is 24.3 Å². The summed E-state index contributed by atoms with van der Waals surface area (Å²) in [4.78, 5) is 146. The van der Waals surface area contributed by atoms with Gasteiger partial charge in [-0.2, -0.15) is 0 Å². The number of nitrogens with one attached hydrogen (secondary N) is 8. The molecule has 2 rings (SSSR count). The van der Waals surface area contributed by atoms with Crippen molar-refractivity contribution >= 4 is 65.0 Å². The van der Waals surface area contributed by atoms with E-state index in [1.807, 2.05) is 0 Å². The quantitative estimate of drug-likeness (QED) is 0.0768. The number of hydrogen-bond acceptors (Lipinski definition) is 12. The summed E-state index contributed by atoms with van der Waals surface area (Å²) in [6, 6.07) is -2.51. The molecule has 1 aromatic rings. The van der Waals surface area contributed by atoms with E-state index < -0.39 is 152 Å². The van der Waals surface area contributed by atoms with Crippen LogP contribution < -0.4 is 54.0 Å². The molecule has 1 fully saturated rings. The molecule has 360 valence electrons. The van der Waals surface area contributed by atoms with Crippen molar-refractivity contribution in [2.75, 3.05) is 26.7 Å². The summed E-state index contributed by atoms with van der Waals surface area (Å²) in [7, 11) is 1.20. The molecule has 0 radical (unpaired) electrons. The average molecular weight is 916 g/mol. The van der Waals surface area contributed by atoms with Gasteiger partial charge in [-0.3, -0.25) is 52.7 Å². The number of aromatic hydroxyl groups is 1. The first-order valence-electron chi connectivity index (χ1n) is 21.4. The van der Waals surface area contributed by atoms with Crippen molar-refractivity contribution in [3.05, 3.63) is 29.8 Å². The van der Waals surface area contributed by atoms with Gasteiger partial charge in [0.1, 0.15) is 42.0 Å². The van der Waals surface area contributed by atoms with E-state index in [0.29, 0.717) is 12.0 Å². The number of phenols is 1. The maximum absolute atomic E-state index is 14.0. The zero-order valence-electron chi connectivity index (χ0n) is 37.9. The zero-order chi connectivity index (χ0) is 49.1. The fourth-order valence-electron chi connectivity index (χ4n) is 6.60. The van der Waals surface area contributed by atoms with E-state index in [9.17, 15) is 57.8 Å². The van der Waals surface area contributed by atoms with Crippen LogP contribution in [0.3, 0.4) is 0 Å². The Morgan fingerprint density at radius 2 is 1.38 bits per heavy atom. The van der Waals surface area contributed by atoms with E-state index >= 15 is 0 Å². The summed E-state index contributed by atoms with van der Waals surface area (Å²) in [5.74, 6) is -10.7. The third-order valence-electron chi connectivity index (χ3n) is 10.4. The average Bonchev–Trinajstić information content (AvgIpc) is 3.22. The number of phenolic OH excluding ortho intramolecular Hbond substituents is 1. The maximum Gasteiger partial charge on any atom is 0.245 e. The van der Waals surface area contributed by atoms with Gasteiger partial charge in [0, 0.05) is 19.9 Å². The largest absolute Gasteiger partial charge is 0.508 e. The van der Waals surface area contributed by atoms with Gasteiger partial charge >= 0.3 is 0 Å². The Morgan fingerprint density at radius 3 is 1.95 bits per heavy atom. The molecular formula is C42H65N11O12. The lowest BCUT2D eigenvalue weighted by Crippen LogP contribution is -2.62. The highest BCUT2D eigenvalue weighted by molar-refractivity contribution is 5.99. The van der Waals surface area contributed by atoms with E-state index in [0.717, 1.165) is 4.90 Å². The number of carbonyl (C=O) groups is 11. The number of primary amides is 2. The summed E-state index contributed by atoms with van der Waals surface area (Å²) in [6.07, 6.45) is -1.28. The summed E-state index contributed by atoms with van der Waals surface area (Å²) >= 11 is 0. The third kappa shape index (κ3) is 18.8. The minimum Gasteiger partial charge on any atom is -0.508 e. The molecule has 1 saturated heterocycles. The van der Waals surface area contributed by atoms with E-state index in [1.54, 1.807) is 41.5 Å². The van der Waals surface area contributed by atoms with Gasteiger partial charge in [0.05, 0.1) is 26.1 Å². The van der Waals surface area contributed by atoms with E-state index in [1.165, 1.54) is 31.3 Å². The Kier molecular flexibility index (Phi) is 21.8. The van der Waals surface area contributed by atoms with Gasteiger partial charge < -0.3 is 64.0 Å². The lowest BCUT2D eigenvalue weighted by atomic mass is 9.95. The smallest absolute Gasteiger partial charge is 0.245 e. The highest BCUT2D eigenvalue weighted by Crippen LogP contribution is 2.15. The van der Waals surface area contributed by atoms with Crippen LogP contribution in [0.5, 0.6) is 5.75 Å². The van der Waals surface area contributed by atoms with Gasteiger partial charge in [0.2, 0.25) is 65.0 Å². The van der Waals surface area contributed by atoms with Crippen LogP contribution in [0.25, 0.3) is 0 Å². The fourth-order valence-corrected chi connectivity index (χ4v) is 6.60. The van der Waals surface area contributed by atoms with Crippen molar-refractivity contribution in [1.82, 2.24) is 47.4 Å². The van der Waals surface area contributed by atoms with Gasteiger partial charge in [-0.15, -0.1) is 0 Å². The van der Waals surface area contributed by atoms with Gasteiger partial charge in [-0.25, -0.2) is 0 Å². The predicted octanol–water partition coefficient (Wildman–Crippen LogP) is -3.56. The van der Waals surface area contributed by atoms with Crippen molar-refractivity contribution in [1.29, 1.82) is 0 Å². The number of nitrogens with two attached hydrogens (primary N) is 2. The molecule has 1 aliphatic rings. The lowest BCUT2D eigenvalue weighted by Gasteiger charge is -2.30. The number of nitrogens with zero attached hydrogens (tertiary/aromatic N) is 1. The molecule has 11 amide bonds. The number of benzene rings is 1.